The topological polar surface area (TPSA) is 16.3 Å². The van der Waals surface area contributed by atoms with E-state index in [0.717, 1.165) is 5.69 Å². The van der Waals surface area contributed by atoms with Gasteiger partial charge in [-0.25, -0.2) is 0 Å². The Balaban J connectivity index is 0.966. The van der Waals surface area contributed by atoms with E-state index in [-0.39, 0.29) is 5.41 Å². The fourth-order valence-corrected chi connectivity index (χ4v) is 15.6. The number of hydrogen-bond acceptors (Lipinski definition) is 4. The van der Waals surface area contributed by atoms with Crippen LogP contribution in [0.25, 0.3) is 106 Å². The van der Waals surface area contributed by atoms with Gasteiger partial charge in [0.15, 0.2) is 0 Å². The molecule has 75 heavy (non-hydrogen) atoms. The highest BCUT2D eigenvalue weighted by atomic mass is 32.1. The highest BCUT2D eigenvalue weighted by Crippen LogP contribution is 2.58. The van der Waals surface area contributed by atoms with Gasteiger partial charge in [-0.1, -0.05) is 141 Å². The quantitative estimate of drug-likeness (QED) is 0.165. The summed E-state index contributed by atoms with van der Waals surface area (Å²) >= 11 is 3.75. The molecule has 0 saturated carbocycles. The summed E-state index contributed by atoms with van der Waals surface area (Å²) in [6.07, 6.45) is 0. The Morgan fingerprint density at radius 2 is 0.760 bits per heavy atom. The zero-order valence-electron chi connectivity index (χ0n) is 41.9. The number of thiophene rings is 2. The monoisotopic (exact) mass is 996 g/mol. The van der Waals surface area contributed by atoms with Crippen molar-refractivity contribution in [1.82, 2.24) is 9.13 Å². The van der Waals surface area contributed by atoms with Crippen molar-refractivity contribution in [2.75, 3.05) is 9.80 Å². The number of para-hydroxylation sites is 2. The highest BCUT2D eigenvalue weighted by Gasteiger charge is 2.39. The second-order valence-electron chi connectivity index (χ2n) is 20.9. The van der Waals surface area contributed by atoms with Gasteiger partial charge in [0.2, 0.25) is 0 Å². The van der Waals surface area contributed by atoms with Gasteiger partial charge in [-0.3, -0.25) is 0 Å². The first-order valence-electron chi connectivity index (χ1n) is 25.9. The van der Waals surface area contributed by atoms with Gasteiger partial charge in [-0.2, -0.15) is 0 Å². The Labute approximate surface area is 441 Å². The molecule has 15 aromatic rings. The molecule has 1 aliphatic carbocycles. The first kappa shape index (κ1) is 42.8. The van der Waals surface area contributed by atoms with E-state index >= 15 is 0 Å². The smallest absolute Gasteiger partial charge is 0.0562 e. The van der Waals surface area contributed by atoms with Crippen LogP contribution >= 0.6 is 22.7 Å². The molecule has 4 heterocycles. The zero-order chi connectivity index (χ0) is 49.8. The Morgan fingerprint density at radius 3 is 1.33 bits per heavy atom. The van der Waals surface area contributed by atoms with Crippen molar-refractivity contribution in [1.29, 1.82) is 0 Å². The van der Waals surface area contributed by atoms with Gasteiger partial charge in [-0.15, -0.1) is 22.7 Å². The molecule has 356 valence electrons. The van der Waals surface area contributed by atoms with E-state index < -0.39 is 0 Å². The van der Waals surface area contributed by atoms with Gasteiger partial charge in [0.25, 0.3) is 0 Å². The van der Waals surface area contributed by atoms with Crippen LogP contribution in [0.5, 0.6) is 0 Å². The molecule has 4 aromatic heterocycles. The largest absolute Gasteiger partial charge is 0.344 e. The Morgan fingerprint density at radius 1 is 0.333 bits per heavy atom. The number of aromatic nitrogens is 2. The fourth-order valence-electron chi connectivity index (χ4n) is 13.3. The van der Waals surface area contributed by atoms with Crippen molar-refractivity contribution >= 4 is 152 Å². The highest BCUT2D eigenvalue weighted by molar-refractivity contribution is 7.26. The third-order valence-electron chi connectivity index (χ3n) is 16.7. The maximum atomic E-state index is 2.61. The first-order valence-corrected chi connectivity index (χ1v) is 27.5. The number of aryl methyl sites for hydroxylation is 2. The van der Waals surface area contributed by atoms with Crippen LogP contribution < -0.4 is 9.80 Å². The molecule has 6 heteroatoms. The van der Waals surface area contributed by atoms with Crippen LogP contribution in [-0.2, 0) is 19.5 Å². The van der Waals surface area contributed by atoms with Crippen molar-refractivity contribution in [2.45, 2.75) is 19.3 Å². The standard InChI is InChI=1S/C69H48N4S2/c1-69(2)49-39-41(72(57-31-17-35-62-67(57)47-23-9-13-33-60(47)74-62)55-29-15-27-53-65(55)45-21-7-11-25-51(45)70(53)3)37-38-44(49)64-43-20-6-5-19-42(43)59(40-50(64)69)73(58-32-18-36-63-68(58)48-24-10-14-34-61(48)75-63)56-30-16-28-54-66(56)46-22-8-12-26-52(46)71(54)4/h5-40H,1-4H3. The van der Waals surface area contributed by atoms with Crippen LogP contribution in [0.4, 0.5) is 34.1 Å². The van der Waals surface area contributed by atoms with Crippen molar-refractivity contribution in [3.8, 4) is 11.1 Å². The molecule has 0 spiro atoms. The van der Waals surface area contributed by atoms with E-state index in [9.17, 15) is 0 Å². The van der Waals surface area contributed by atoms with E-state index in [0.29, 0.717) is 0 Å². The van der Waals surface area contributed by atoms with Crippen molar-refractivity contribution in [2.24, 2.45) is 14.1 Å². The zero-order valence-corrected chi connectivity index (χ0v) is 43.5. The second kappa shape index (κ2) is 15.7. The second-order valence-corrected chi connectivity index (χ2v) is 23.0. The van der Waals surface area contributed by atoms with Crippen molar-refractivity contribution in [3.05, 3.63) is 230 Å². The van der Waals surface area contributed by atoms with Crippen LogP contribution in [0.3, 0.4) is 0 Å². The van der Waals surface area contributed by atoms with E-state index in [1.54, 1.807) is 0 Å². The lowest BCUT2D eigenvalue weighted by Crippen LogP contribution is -2.18. The number of benzene rings is 11. The van der Waals surface area contributed by atoms with Crippen LogP contribution in [0.1, 0.15) is 25.0 Å². The average molecular weight is 997 g/mol. The minimum Gasteiger partial charge on any atom is -0.344 e. The van der Waals surface area contributed by atoms with Crippen LogP contribution in [0, 0.1) is 0 Å². The number of hydrogen-bond donors (Lipinski definition) is 0. The lowest BCUT2D eigenvalue weighted by atomic mass is 9.81. The summed E-state index contributed by atoms with van der Waals surface area (Å²) in [6.45, 7) is 4.90. The summed E-state index contributed by atoms with van der Waals surface area (Å²) in [5.41, 5.74) is 16.8. The van der Waals surface area contributed by atoms with Gasteiger partial charge >= 0.3 is 0 Å². The average Bonchev–Trinajstić information content (AvgIpc) is 4.33. The van der Waals surface area contributed by atoms with Gasteiger partial charge in [0.05, 0.1) is 39.5 Å². The minimum atomic E-state index is -0.379. The maximum absolute atomic E-state index is 2.61. The Bertz CT molecular complexity index is 4930. The number of nitrogens with zero attached hydrogens (tertiary/aromatic N) is 4. The molecular formula is C69H48N4S2. The lowest BCUT2D eigenvalue weighted by Gasteiger charge is -2.31. The van der Waals surface area contributed by atoms with Gasteiger partial charge in [-0.05, 0) is 119 Å². The molecule has 11 aromatic carbocycles. The molecule has 0 amide bonds. The molecule has 0 fully saturated rings. The summed E-state index contributed by atoms with van der Waals surface area (Å²) in [5.74, 6) is 0. The van der Waals surface area contributed by atoms with E-state index in [1.807, 2.05) is 22.7 Å². The molecule has 4 nitrogen and oxygen atoms in total. The predicted molar refractivity (Wildman–Crippen MR) is 325 cm³/mol. The summed E-state index contributed by atoms with van der Waals surface area (Å²) < 4.78 is 9.87. The lowest BCUT2D eigenvalue weighted by molar-refractivity contribution is 0.661. The molecule has 0 radical (unpaired) electrons. The number of rotatable bonds is 6. The molecule has 16 rings (SSSR count). The van der Waals surface area contributed by atoms with E-state index in [1.165, 1.54) is 145 Å². The number of anilines is 6. The van der Waals surface area contributed by atoms with Gasteiger partial charge < -0.3 is 18.9 Å². The molecular weight excluding hydrogens is 949 g/mol. The third-order valence-corrected chi connectivity index (χ3v) is 19.0. The van der Waals surface area contributed by atoms with Crippen molar-refractivity contribution in [3.63, 3.8) is 0 Å². The Hall–Kier alpha value is -8.68. The SMILES string of the molecule is Cn1c2ccccc2c2c(N(c3ccc4c(c3)C(C)(C)c3cc(N(c5cccc6sc7ccccc7c56)c5cccc6c5c5ccccc5n6C)c5ccccc5c3-4)c3cccc4sc5ccccc5c34)cccc21. The molecule has 0 unspecified atom stereocenters. The minimum absolute atomic E-state index is 0.379. The Kier molecular flexibility index (Phi) is 8.94. The van der Waals surface area contributed by atoms with Crippen LogP contribution in [0.15, 0.2) is 218 Å². The summed E-state index contributed by atoms with van der Waals surface area (Å²) in [6, 6.07) is 82.1. The van der Waals surface area contributed by atoms with E-state index in [2.05, 4.69) is 265 Å². The van der Waals surface area contributed by atoms with Crippen molar-refractivity contribution < 1.29 is 0 Å². The summed E-state index contributed by atoms with van der Waals surface area (Å²) in [7, 11) is 4.41. The molecule has 0 bridgehead atoms. The molecule has 0 aliphatic heterocycles. The predicted octanol–water partition coefficient (Wildman–Crippen LogP) is 20.1. The van der Waals surface area contributed by atoms with Gasteiger partial charge in [0.1, 0.15) is 0 Å². The number of fused-ring (bicyclic) bond motifs is 17. The van der Waals surface area contributed by atoms with Crippen LogP contribution in [-0.4, -0.2) is 9.13 Å². The molecule has 0 N–H and O–H groups in total. The first-order chi connectivity index (χ1) is 36.8. The van der Waals surface area contributed by atoms with Crippen LogP contribution in [0.2, 0.25) is 0 Å². The summed E-state index contributed by atoms with van der Waals surface area (Å²) in [5, 5.41) is 12.6. The maximum Gasteiger partial charge on any atom is 0.0562 e. The molecule has 1 aliphatic rings. The van der Waals surface area contributed by atoms with Gasteiger partial charge in [0, 0.05) is 104 Å². The fraction of sp³-hybridized carbons (Fsp3) is 0.0725. The third kappa shape index (κ3) is 5.86. The summed E-state index contributed by atoms with van der Waals surface area (Å²) in [4.78, 5) is 5.18. The normalized spacial score (nSPS) is 13.2. The molecule has 0 atom stereocenters. The molecule has 0 saturated heterocycles. The van der Waals surface area contributed by atoms with E-state index in [4.69, 9.17) is 0 Å².